The Kier molecular flexibility index (Phi) is 7.43. The minimum Gasteiger partial charge on any atom is -0.492 e. The highest BCUT2D eigenvalue weighted by atomic mass is 35.5. The van der Waals surface area contributed by atoms with Gasteiger partial charge in [-0.2, -0.15) is 0 Å². The van der Waals surface area contributed by atoms with Crippen LogP contribution in [0.5, 0.6) is 5.75 Å². The number of carbonyl (C=O) groups is 1. The number of nitrogens with one attached hydrogen (secondary N) is 1. The van der Waals surface area contributed by atoms with Crippen molar-refractivity contribution in [3.8, 4) is 5.75 Å². The minimum absolute atomic E-state index is 0.0214. The highest BCUT2D eigenvalue weighted by Gasteiger charge is 2.29. The van der Waals surface area contributed by atoms with Crippen LogP contribution in [0, 0.1) is 13.8 Å². The molecule has 0 heterocycles. The SMILES string of the molecule is CCOc1ccccc1N(CC(=O)Nc1c(C)cccc1C)S(=O)(=O)c1ccc(Cl)cc1. The molecule has 0 aliphatic carbocycles. The third kappa shape index (κ3) is 5.23. The molecule has 3 aromatic carbocycles. The fraction of sp³-hybridized carbons (Fsp3) is 0.208. The molecule has 3 aromatic rings. The monoisotopic (exact) mass is 472 g/mol. The minimum atomic E-state index is -4.09. The average Bonchev–Trinajstić information content (AvgIpc) is 2.76. The molecule has 0 aliphatic heterocycles. The number of aryl methyl sites for hydroxylation is 2. The predicted octanol–water partition coefficient (Wildman–Crippen LogP) is 5.19. The number of ether oxygens (including phenoxy) is 1. The Morgan fingerprint density at radius 3 is 2.22 bits per heavy atom. The number of anilines is 2. The largest absolute Gasteiger partial charge is 0.492 e. The second-order valence-electron chi connectivity index (χ2n) is 7.18. The van der Waals surface area contributed by atoms with Crippen LogP contribution in [0.4, 0.5) is 11.4 Å². The Labute approximate surface area is 193 Å². The Hall–Kier alpha value is -3.03. The summed E-state index contributed by atoms with van der Waals surface area (Å²) in [6, 6.07) is 18.2. The van der Waals surface area contributed by atoms with Crippen molar-refractivity contribution in [2.24, 2.45) is 0 Å². The van der Waals surface area contributed by atoms with Gasteiger partial charge < -0.3 is 10.1 Å². The molecule has 32 heavy (non-hydrogen) atoms. The number of sulfonamides is 1. The normalized spacial score (nSPS) is 11.1. The quantitative estimate of drug-likeness (QED) is 0.489. The van der Waals surface area contributed by atoms with Crippen LogP contribution < -0.4 is 14.4 Å². The highest BCUT2D eigenvalue weighted by molar-refractivity contribution is 7.92. The zero-order chi connectivity index (χ0) is 23.3. The summed E-state index contributed by atoms with van der Waals surface area (Å²) in [5.41, 5.74) is 2.72. The Balaban J connectivity index is 2.03. The Bertz CT molecular complexity index is 1190. The molecule has 0 atom stereocenters. The van der Waals surface area contributed by atoms with E-state index in [1.807, 2.05) is 39.0 Å². The first-order valence-corrected chi connectivity index (χ1v) is 11.9. The van der Waals surface area contributed by atoms with Crippen molar-refractivity contribution in [2.45, 2.75) is 25.7 Å². The van der Waals surface area contributed by atoms with Crippen LogP contribution in [0.3, 0.4) is 0 Å². The van der Waals surface area contributed by atoms with E-state index in [9.17, 15) is 13.2 Å². The Morgan fingerprint density at radius 2 is 1.59 bits per heavy atom. The molecule has 0 bridgehead atoms. The van der Waals surface area contributed by atoms with Crippen LogP contribution in [0.2, 0.25) is 5.02 Å². The number of para-hydroxylation sites is 3. The van der Waals surface area contributed by atoms with Crippen molar-refractivity contribution in [3.63, 3.8) is 0 Å². The van der Waals surface area contributed by atoms with E-state index in [0.29, 0.717) is 23.1 Å². The van der Waals surface area contributed by atoms with Gasteiger partial charge in [0, 0.05) is 10.7 Å². The lowest BCUT2D eigenvalue weighted by molar-refractivity contribution is -0.114. The van der Waals surface area contributed by atoms with Gasteiger partial charge in [0.25, 0.3) is 10.0 Å². The van der Waals surface area contributed by atoms with E-state index >= 15 is 0 Å². The maximum Gasteiger partial charge on any atom is 0.264 e. The van der Waals surface area contributed by atoms with Crippen molar-refractivity contribution in [3.05, 3.63) is 82.9 Å². The topological polar surface area (TPSA) is 75.7 Å². The third-order valence-electron chi connectivity index (χ3n) is 4.87. The van der Waals surface area contributed by atoms with Crippen molar-refractivity contribution >= 4 is 38.9 Å². The van der Waals surface area contributed by atoms with Crippen LogP contribution in [0.25, 0.3) is 0 Å². The summed E-state index contributed by atoms with van der Waals surface area (Å²) in [5.74, 6) is -0.0985. The van der Waals surface area contributed by atoms with E-state index in [2.05, 4.69) is 5.32 Å². The molecule has 1 N–H and O–H groups in total. The van der Waals surface area contributed by atoms with Gasteiger partial charge >= 0.3 is 0 Å². The Morgan fingerprint density at radius 1 is 0.969 bits per heavy atom. The number of amides is 1. The number of carbonyl (C=O) groups excluding carboxylic acids is 1. The standard InChI is InChI=1S/C24H25ClN2O4S/c1-4-31-22-11-6-5-10-21(22)27(32(29,30)20-14-12-19(25)13-15-20)16-23(28)26-24-17(2)8-7-9-18(24)3/h5-15H,4,16H2,1-3H3,(H,26,28). The molecule has 0 unspecified atom stereocenters. The number of halogens is 1. The van der Waals surface area contributed by atoms with Crippen LogP contribution in [-0.4, -0.2) is 27.5 Å². The summed E-state index contributed by atoms with van der Waals surface area (Å²) < 4.78 is 33.8. The zero-order valence-corrected chi connectivity index (χ0v) is 19.7. The van der Waals surface area contributed by atoms with E-state index in [0.717, 1.165) is 15.4 Å². The van der Waals surface area contributed by atoms with Gasteiger partial charge in [-0.25, -0.2) is 8.42 Å². The second kappa shape index (κ2) is 10.1. The number of nitrogens with zero attached hydrogens (tertiary/aromatic N) is 1. The lowest BCUT2D eigenvalue weighted by atomic mass is 10.1. The molecule has 0 spiro atoms. The van der Waals surface area contributed by atoms with Crippen molar-refractivity contribution < 1.29 is 17.9 Å². The number of rotatable bonds is 8. The van der Waals surface area contributed by atoms with Crippen LogP contribution >= 0.6 is 11.6 Å². The van der Waals surface area contributed by atoms with Crippen molar-refractivity contribution in [1.82, 2.24) is 0 Å². The molecule has 8 heteroatoms. The van der Waals surface area contributed by atoms with E-state index in [1.165, 1.54) is 24.3 Å². The highest BCUT2D eigenvalue weighted by Crippen LogP contribution is 2.33. The molecule has 0 aliphatic rings. The third-order valence-corrected chi connectivity index (χ3v) is 6.89. The summed E-state index contributed by atoms with van der Waals surface area (Å²) in [6.45, 7) is 5.50. The summed E-state index contributed by atoms with van der Waals surface area (Å²) in [6.07, 6.45) is 0. The zero-order valence-electron chi connectivity index (χ0n) is 18.1. The fourth-order valence-corrected chi connectivity index (χ4v) is 4.85. The van der Waals surface area contributed by atoms with E-state index in [1.54, 1.807) is 24.3 Å². The first kappa shape index (κ1) is 23.6. The number of benzene rings is 3. The molecular formula is C24H25ClN2O4S. The van der Waals surface area contributed by atoms with E-state index in [-0.39, 0.29) is 10.6 Å². The van der Waals surface area contributed by atoms with Gasteiger partial charge in [-0.3, -0.25) is 9.10 Å². The van der Waals surface area contributed by atoms with Crippen LogP contribution in [0.1, 0.15) is 18.1 Å². The summed E-state index contributed by atoms with van der Waals surface area (Å²) in [5, 5.41) is 3.27. The van der Waals surface area contributed by atoms with Crippen LogP contribution in [-0.2, 0) is 14.8 Å². The van der Waals surface area contributed by atoms with Gasteiger partial charge in [-0.1, -0.05) is 41.9 Å². The summed E-state index contributed by atoms with van der Waals surface area (Å²) >= 11 is 5.94. The molecule has 0 fully saturated rings. The molecule has 0 saturated carbocycles. The van der Waals surface area contributed by atoms with Gasteiger partial charge in [0.2, 0.25) is 5.91 Å². The number of hydrogen-bond acceptors (Lipinski definition) is 4. The molecule has 0 aromatic heterocycles. The van der Waals surface area contributed by atoms with Crippen molar-refractivity contribution in [2.75, 3.05) is 22.8 Å². The van der Waals surface area contributed by atoms with Gasteiger partial charge in [-0.05, 0) is 68.3 Å². The van der Waals surface area contributed by atoms with Gasteiger partial charge in [0.1, 0.15) is 12.3 Å². The predicted molar refractivity (Wildman–Crippen MR) is 128 cm³/mol. The molecule has 0 saturated heterocycles. The van der Waals surface area contributed by atoms with Gasteiger partial charge in [0.15, 0.2) is 0 Å². The first-order chi connectivity index (χ1) is 15.2. The maximum atomic E-state index is 13.6. The van der Waals surface area contributed by atoms with Crippen molar-refractivity contribution in [1.29, 1.82) is 0 Å². The maximum absolute atomic E-state index is 13.6. The van der Waals surface area contributed by atoms with E-state index in [4.69, 9.17) is 16.3 Å². The molecule has 168 valence electrons. The molecular weight excluding hydrogens is 448 g/mol. The van der Waals surface area contributed by atoms with Crippen LogP contribution in [0.15, 0.2) is 71.6 Å². The first-order valence-electron chi connectivity index (χ1n) is 10.1. The molecule has 0 radical (unpaired) electrons. The van der Waals surface area contributed by atoms with E-state index < -0.39 is 22.5 Å². The average molecular weight is 473 g/mol. The lowest BCUT2D eigenvalue weighted by Crippen LogP contribution is -2.38. The van der Waals surface area contributed by atoms with Gasteiger partial charge in [-0.15, -0.1) is 0 Å². The second-order valence-corrected chi connectivity index (χ2v) is 9.48. The molecule has 1 amide bonds. The molecule has 6 nitrogen and oxygen atoms in total. The number of hydrogen-bond donors (Lipinski definition) is 1. The summed E-state index contributed by atoms with van der Waals surface area (Å²) in [4.78, 5) is 13.0. The van der Waals surface area contributed by atoms with Gasteiger partial charge in [0.05, 0.1) is 17.2 Å². The smallest absolute Gasteiger partial charge is 0.264 e. The fourth-order valence-electron chi connectivity index (χ4n) is 3.30. The summed E-state index contributed by atoms with van der Waals surface area (Å²) in [7, 11) is -4.09. The lowest BCUT2D eigenvalue weighted by Gasteiger charge is -2.26. The molecule has 3 rings (SSSR count).